The minimum Gasteiger partial charge on any atom is -0.396 e. The van der Waals surface area contributed by atoms with Crippen molar-refractivity contribution in [2.75, 3.05) is 12.3 Å². The molecule has 3 N–H and O–H groups in total. The molecule has 0 aliphatic heterocycles. The van der Waals surface area contributed by atoms with Gasteiger partial charge >= 0.3 is 0 Å². The molecular weight excluding hydrogens is 247 g/mol. The van der Waals surface area contributed by atoms with Gasteiger partial charge in [0.2, 0.25) is 0 Å². The second-order valence-electron chi connectivity index (χ2n) is 2.96. The van der Waals surface area contributed by atoms with Gasteiger partial charge in [0, 0.05) is 5.56 Å². The van der Waals surface area contributed by atoms with Gasteiger partial charge in [0.05, 0.1) is 22.3 Å². The second-order valence-corrected chi connectivity index (χ2v) is 3.78. The maximum absolute atomic E-state index is 11.6. The molecule has 0 fully saturated rings. The second kappa shape index (κ2) is 5.64. The number of anilines is 1. The Morgan fingerprint density at radius 1 is 1.44 bits per heavy atom. The van der Waals surface area contributed by atoms with Gasteiger partial charge in [-0.05, 0) is 19.1 Å². The molecule has 0 radical (unpaired) electrons. The van der Waals surface area contributed by atoms with Crippen LogP contribution >= 0.6 is 23.2 Å². The lowest BCUT2D eigenvalue weighted by atomic mass is 10.2. The summed E-state index contributed by atoms with van der Waals surface area (Å²) in [5.74, 6) is 5.10. The molecule has 0 spiro atoms. The number of rotatable bonds is 2. The van der Waals surface area contributed by atoms with Crippen molar-refractivity contribution in [3.8, 4) is 11.8 Å². The van der Waals surface area contributed by atoms with E-state index in [0.29, 0.717) is 5.56 Å². The normalized spacial score (nSPS) is 9.19. The Bertz CT molecular complexity index is 452. The highest BCUT2D eigenvalue weighted by Crippen LogP contribution is 2.28. The number of carbonyl (C=O) groups is 1. The minimum atomic E-state index is -0.286. The van der Waals surface area contributed by atoms with Crippen molar-refractivity contribution in [3.05, 3.63) is 27.7 Å². The highest BCUT2D eigenvalue weighted by molar-refractivity contribution is 6.39. The summed E-state index contributed by atoms with van der Waals surface area (Å²) in [4.78, 5) is 11.6. The first-order chi connectivity index (χ1) is 7.56. The lowest BCUT2D eigenvalue weighted by Gasteiger charge is -2.05. The zero-order valence-electron chi connectivity index (χ0n) is 8.60. The number of hydrogen-bond donors (Lipinski definition) is 2. The average molecular weight is 257 g/mol. The molecule has 0 aliphatic carbocycles. The van der Waals surface area contributed by atoms with Gasteiger partial charge in [0.25, 0.3) is 5.91 Å². The van der Waals surface area contributed by atoms with Crippen LogP contribution in [-0.2, 0) is 0 Å². The first kappa shape index (κ1) is 12.7. The topological polar surface area (TPSA) is 55.1 Å². The highest BCUT2D eigenvalue weighted by Gasteiger charge is 2.10. The minimum absolute atomic E-state index is 0.263. The molecule has 0 heterocycles. The molecule has 0 unspecified atom stereocenters. The van der Waals surface area contributed by atoms with Gasteiger partial charge in [-0.25, -0.2) is 0 Å². The predicted octanol–water partition coefficient (Wildman–Crippen LogP) is 2.33. The van der Waals surface area contributed by atoms with E-state index in [1.165, 1.54) is 12.1 Å². The van der Waals surface area contributed by atoms with Gasteiger partial charge in [-0.15, -0.1) is 5.92 Å². The summed E-state index contributed by atoms with van der Waals surface area (Å²) < 4.78 is 0. The number of nitrogen functional groups attached to an aromatic ring is 1. The third-order valence-corrected chi connectivity index (χ3v) is 2.48. The molecule has 1 rings (SSSR count). The van der Waals surface area contributed by atoms with Crippen molar-refractivity contribution < 1.29 is 4.79 Å². The van der Waals surface area contributed by atoms with Gasteiger partial charge in [-0.2, -0.15) is 0 Å². The Hall–Kier alpha value is -1.37. The highest BCUT2D eigenvalue weighted by atomic mass is 35.5. The van der Waals surface area contributed by atoms with Gasteiger partial charge in [0.1, 0.15) is 0 Å². The zero-order valence-corrected chi connectivity index (χ0v) is 10.1. The lowest BCUT2D eigenvalue weighted by molar-refractivity contribution is 0.0958. The van der Waals surface area contributed by atoms with Crippen LogP contribution in [-0.4, -0.2) is 12.5 Å². The Labute approximate surface area is 104 Å². The van der Waals surface area contributed by atoms with E-state index in [1.807, 2.05) is 0 Å². The van der Waals surface area contributed by atoms with Gasteiger partial charge in [-0.1, -0.05) is 29.1 Å². The number of nitrogens with one attached hydrogen (secondary N) is 1. The van der Waals surface area contributed by atoms with E-state index in [4.69, 9.17) is 28.9 Å². The van der Waals surface area contributed by atoms with E-state index in [-0.39, 0.29) is 28.2 Å². The predicted molar refractivity (Wildman–Crippen MR) is 66.7 cm³/mol. The lowest BCUT2D eigenvalue weighted by Crippen LogP contribution is -2.23. The number of carbonyl (C=O) groups excluding carboxylic acids is 1. The number of benzene rings is 1. The number of amides is 1. The first-order valence-corrected chi connectivity index (χ1v) is 5.24. The monoisotopic (exact) mass is 256 g/mol. The fourth-order valence-corrected chi connectivity index (χ4v) is 1.52. The molecule has 0 saturated heterocycles. The van der Waals surface area contributed by atoms with Crippen LogP contribution in [0.4, 0.5) is 5.69 Å². The van der Waals surface area contributed by atoms with Crippen molar-refractivity contribution in [1.29, 1.82) is 0 Å². The SMILES string of the molecule is CC#CCNC(=O)c1cc(Cl)c(N)c(Cl)c1. The molecule has 0 aliphatic rings. The molecule has 84 valence electrons. The molecule has 0 atom stereocenters. The quantitative estimate of drug-likeness (QED) is 0.631. The molecule has 0 saturated carbocycles. The van der Waals surface area contributed by atoms with Crippen molar-refractivity contribution in [2.24, 2.45) is 0 Å². The van der Waals surface area contributed by atoms with Crippen molar-refractivity contribution in [2.45, 2.75) is 6.92 Å². The van der Waals surface area contributed by atoms with Crippen LogP contribution in [0.5, 0.6) is 0 Å². The van der Waals surface area contributed by atoms with Gasteiger partial charge in [0.15, 0.2) is 0 Å². The van der Waals surface area contributed by atoms with Crippen molar-refractivity contribution >= 4 is 34.8 Å². The molecule has 0 bridgehead atoms. The smallest absolute Gasteiger partial charge is 0.252 e. The Morgan fingerprint density at radius 2 is 2.00 bits per heavy atom. The van der Waals surface area contributed by atoms with Crippen LogP contribution in [0.15, 0.2) is 12.1 Å². The molecule has 1 aromatic rings. The van der Waals surface area contributed by atoms with Crippen molar-refractivity contribution in [3.63, 3.8) is 0 Å². The van der Waals surface area contributed by atoms with Crippen LogP contribution in [0, 0.1) is 11.8 Å². The third kappa shape index (κ3) is 3.06. The summed E-state index contributed by atoms with van der Waals surface area (Å²) in [6.45, 7) is 1.98. The first-order valence-electron chi connectivity index (χ1n) is 4.48. The largest absolute Gasteiger partial charge is 0.396 e. The molecule has 3 nitrogen and oxygen atoms in total. The molecule has 0 aromatic heterocycles. The zero-order chi connectivity index (χ0) is 12.1. The van der Waals surface area contributed by atoms with Crippen LogP contribution in [0.25, 0.3) is 0 Å². The molecular formula is C11H10Cl2N2O. The van der Waals surface area contributed by atoms with Crippen LogP contribution in [0.3, 0.4) is 0 Å². The molecule has 1 aromatic carbocycles. The summed E-state index contributed by atoms with van der Waals surface area (Å²) in [5.41, 5.74) is 6.19. The number of halogens is 2. The van der Waals surface area contributed by atoms with E-state index < -0.39 is 0 Å². The number of nitrogens with two attached hydrogens (primary N) is 1. The fourth-order valence-electron chi connectivity index (χ4n) is 1.03. The van der Waals surface area contributed by atoms with E-state index in [1.54, 1.807) is 6.92 Å². The summed E-state index contributed by atoms with van der Waals surface area (Å²) in [6, 6.07) is 2.94. The standard InChI is InChI=1S/C11H10Cl2N2O/c1-2-3-4-15-11(16)7-5-8(12)10(14)9(13)6-7/h5-6H,4,14H2,1H3,(H,15,16). The van der Waals surface area contributed by atoms with E-state index in [2.05, 4.69) is 17.2 Å². The van der Waals surface area contributed by atoms with E-state index >= 15 is 0 Å². The van der Waals surface area contributed by atoms with Gasteiger partial charge in [-0.3, -0.25) is 4.79 Å². The van der Waals surface area contributed by atoms with E-state index in [0.717, 1.165) is 0 Å². The summed E-state index contributed by atoms with van der Waals surface area (Å²) in [5, 5.41) is 3.13. The van der Waals surface area contributed by atoms with Crippen molar-refractivity contribution in [1.82, 2.24) is 5.32 Å². The molecule has 16 heavy (non-hydrogen) atoms. The molecule has 1 amide bonds. The van der Waals surface area contributed by atoms with Gasteiger partial charge < -0.3 is 11.1 Å². The Balaban J connectivity index is 2.87. The summed E-state index contributed by atoms with van der Waals surface area (Å²) in [7, 11) is 0. The van der Waals surface area contributed by atoms with E-state index in [9.17, 15) is 4.79 Å². The molecule has 5 heteroatoms. The average Bonchev–Trinajstić information content (AvgIpc) is 2.25. The third-order valence-electron chi connectivity index (χ3n) is 1.86. The summed E-state index contributed by atoms with van der Waals surface area (Å²) in [6.07, 6.45) is 0. The summed E-state index contributed by atoms with van der Waals surface area (Å²) >= 11 is 11.6. The number of hydrogen-bond acceptors (Lipinski definition) is 2. The Kier molecular flexibility index (Phi) is 4.48. The van der Waals surface area contributed by atoms with Crippen LogP contribution in [0.2, 0.25) is 10.0 Å². The van der Waals surface area contributed by atoms with Crippen LogP contribution in [0.1, 0.15) is 17.3 Å². The fraction of sp³-hybridized carbons (Fsp3) is 0.182. The maximum Gasteiger partial charge on any atom is 0.252 e. The van der Waals surface area contributed by atoms with Crippen LogP contribution < -0.4 is 11.1 Å². The maximum atomic E-state index is 11.6. The Morgan fingerprint density at radius 3 is 2.50 bits per heavy atom.